The van der Waals surface area contributed by atoms with E-state index >= 15 is 0 Å². The van der Waals surface area contributed by atoms with Crippen molar-refractivity contribution < 1.29 is 14.3 Å². The number of rotatable bonds is 5. The second-order valence-electron chi connectivity index (χ2n) is 9.38. The molecule has 2 aliphatic carbocycles. The molecule has 4 aliphatic rings. The lowest BCUT2D eigenvalue weighted by molar-refractivity contribution is -0.153. The molecular weight excluding hydrogens is 370 g/mol. The molecule has 3 heterocycles. The van der Waals surface area contributed by atoms with E-state index in [0.29, 0.717) is 38.6 Å². The first-order chi connectivity index (χ1) is 14.1. The van der Waals surface area contributed by atoms with Gasteiger partial charge in [-0.2, -0.15) is 0 Å². The molecule has 8 nitrogen and oxygen atoms in total. The molecule has 0 aromatic carbocycles. The topological polar surface area (TPSA) is 89.3 Å². The van der Waals surface area contributed by atoms with Crippen LogP contribution in [0, 0.1) is 11.8 Å². The fourth-order valence-electron chi connectivity index (χ4n) is 5.14. The summed E-state index contributed by atoms with van der Waals surface area (Å²) in [6, 6.07) is 0. The van der Waals surface area contributed by atoms with E-state index in [1.54, 1.807) is 0 Å². The summed E-state index contributed by atoms with van der Waals surface area (Å²) in [4.78, 5) is 26.7. The van der Waals surface area contributed by atoms with Crippen LogP contribution in [0.3, 0.4) is 0 Å². The highest BCUT2D eigenvalue weighted by Crippen LogP contribution is 2.34. The molecule has 1 aromatic rings. The first kappa shape index (κ1) is 19.0. The first-order valence-corrected chi connectivity index (χ1v) is 11.2. The van der Waals surface area contributed by atoms with Gasteiger partial charge >= 0.3 is 0 Å². The number of hydrogen-bond acceptors (Lipinski definition) is 5. The van der Waals surface area contributed by atoms with Gasteiger partial charge in [0.2, 0.25) is 11.8 Å². The molecule has 3 fully saturated rings. The zero-order valence-corrected chi connectivity index (χ0v) is 17.1. The third-order valence-electron chi connectivity index (χ3n) is 7.08. The number of carbonyl (C=O) groups is 2. The van der Waals surface area contributed by atoms with Crippen LogP contribution >= 0.6 is 0 Å². The fourth-order valence-corrected chi connectivity index (χ4v) is 5.14. The lowest BCUT2D eigenvalue weighted by Crippen LogP contribution is -2.55. The SMILES string of the molecule is O=C(NCc1nnn2c1COC1(CCCN(C(=O)CC3CCCC3)C1)C2)C1CC1. The number of carbonyl (C=O) groups excluding carboxylic acids is 2. The van der Waals surface area contributed by atoms with Gasteiger partial charge in [0.05, 0.1) is 31.9 Å². The van der Waals surface area contributed by atoms with Crippen molar-refractivity contribution in [1.82, 2.24) is 25.2 Å². The van der Waals surface area contributed by atoms with E-state index < -0.39 is 0 Å². The van der Waals surface area contributed by atoms with Crippen LogP contribution in [-0.2, 0) is 34.0 Å². The zero-order chi connectivity index (χ0) is 19.8. The number of aromatic nitrogens is 3. The molecule has 0 radical (unpaired) electrons. The Bertz CT molecular complexity index is 783. The molecule has 1 spiro atoms. The predicted octanol–water partition coefficient (Wildman–Crippen LogP) is 1.78. The van der Waals surface area contributed by atoms with Crippen LogP contribution in [-0.4, -0.2) is 50.4 Å². The Morgan fingerprint density at radius 1 is 1.14 bits per heavy atom. The molecule has 8 heteroatoms. The van der Waals surface area contributed by atoms with Crippen molar-refractivity contribution in [3.05, 3.63) is 11.4 Å². The number of nitrogens with zero attached hydrogens (tertiary/aromatic N) is 4. The third kappa shape index (κ3) is 4.04. The van der Waals surface area contributed by atoms with Gasteiger partial charge in [0, 0.05) is 18.9 Å². The average Bonchev–Trinajstić information content (AvgIpc) is 3.32. The van der Waals surface area contributed by atoms with Crippen molar-refractivity contribution in [3.8, 4) is 0 Å². The van der Waals surface area contributed by atoms with E-state index in [0.717, 1.165) is 43.6 Å². The Balaban J connectivity index is 1.21. The number of amides is 2. The van der Waals surface area contributed by atoms with Crippen LogP contribution in [0.25, 0.3) is 0 Å². The van der Waals surface area contributed by atoms with Crippen LogP contribution < -0.4 is 5.32 Å². The van der Waals surface area contributed by atoms with Crippen molar-refractivity contribution in [2.75, 3.05) is 13.1 Å². The number of fused-ring (bicyclic) bond motifs is 1. The summed E-state index contributed by atoms with van der Waals surface area (Å²) in [6.07, 6.45) is 9.51. The summed E-state index contributed by atoms with van der Waals surface area (Å²) in [5.74, 6) is 1.16. The van der Waals surface area contributed by atoms with Crippen molar-refractivity contribution in [1.29, 1.82) is 0 Å². The summed E-state index contributed by atoms with van der Waals surface area (Å²) in [6.45, 7) is 2.95. The molecule has 29 heavy (non-hydrogen) atoms. The molecule has 1 atom stereocenters. The zero-order valence-electron chi connectivity index (χ0n) is 17.1. The normalized spacial score (nSPS) is 27.2. The Morgan fingerprint density at radius 3 is 2.76 bits per heavy atom. The maximum Gasteiger partial charge on any atom is 0.223 e. The molecule has 0 bridgehead atoms. The van der Waals surface area contributed by atoms with Crippen LogP contribution in [0.1, 0.15) is 69.2 Å². The minimum absolute atomic E-state index is 0.114. The van der Waals surface area contributed by atoms with Crippen molar-refractivity contribution >= 4 is 11.8 Å². The molecule has 2 amide bonds. The van der Waals surface area contributed by atoms with Gasteiger partial charge in [-0.25, -0.2) is 4.68 Å². The monoisotopic (exact) mass is 401 g/mol. The molecule has 1 aromatic heterocycles. The van der Waals surface area contributed by atoms with E-state index in [-0.39, 0.29) is 23.3 Å². The molecule has 1 saturated heterocycles. The van der Waals surface area contributed by atoms with Gasteiger partial charge in [0.1, 0.15) is 11.3 Å². The Hall–Kier alpha value is -1.96. The Labute approximate surface area is 171 Å². The van der Waals surface area contributed by atoms with Gasteiger partial charge in [-0.15, -0.1) is 5.10 Å². The molecule has 1 N–H and O–H groups in total. The highest BCUT2D eigenvalue weighted by molar-refractivity contribution is 5.80. The van der Waals surface area contributed by atoms with E-state index in [2.05, 4.69) is 15.6 Å². The highest BCUT2D eigenvalue weighted by atomic mass is 16.5. The second kappa shape index (κ2) is 7.70. The van der Waals surface area contributed by atoms with E-state index in [1.165, 1.54) is 25.7 Å². The van der Waals surface area contributed by atoms with Crippen molar-refractivity contribution in [2.45, 2.75) is 83.1 Å². The Kier molecular flexibility index (Phi) is 5.05. The third-order valence-corrected chi connectivity index (χ3v) is 7.08. The predicted molar refractivity (Wildman–Crippen MR) is 105 cm³/mol. The summed E-state index contributed by atoms with van der Waals surface area (Å²) in [7, 11) is 0. The van der Waals surface area contributed by atoms with Gasteiger partial charge in [0.25, 0.3) is 0 Å². The van der Waals surface area contributed by atoms with Crippen molar-refractivity contribution in [3.63, 3.8) is 0 Å². The first-order valence-electron chi connectivity index (χ1n) is 11.2. The molecule has 158 valence electrons. The maximum atomic E-state index is 12.8. The van der Waals surface area contributed by atoms with E-state index in [9.17, 15) is 9.59 Å². The minimum Gasteiger partial charge on any atom is -0.365 e. The minimum atomic E-state index is -0.362. The number of nitrogens with one attached hydrogen (secondary N) is 1. The van der Waals surface area contributed by atoms with Crippen molar-refractivity contribution in [2.24, 2.45) is 11.8 Å². The maximum absolute atomic E-state index is 12.8. The summed E-state index contributed by atoms with van der Waals surface area (Å²) < 4.78 is 8.27. The summed E-state index contributed by atoms with van der Waals surface area (Å²) in [5.41, 5.74) is 1.37. The van der Waals surface area contributed by atoms with Crippen LogP contribution in [0.4, 0.5) is 0 Å². The van der Waals surface area contributed by atoms with Crippen LogP contribution in [0.2, 0.25) is 0 Å². The highest BCUT2D eigenvalue weighted by Gasteiger charge is 2.42. The molecule has 1 unspecified atom stereocenters. The quantitative estimate of drug-likeness (QED) is 0.812. The van der Waals surface area contributed by atoms with Crippen LogP contribution in [0.5, 0.6) is 0 Å². The summed E-state index contributed by atoms with van der Waals surface area (Å²) in [5, 5.41) is 11.6. The van der Waals surface area contributed by atoms with E-state index in [1.807, 2.05) is 9.58 Å². The fraction of sp³-hybridized carbons (Fsp3) is 0.810. The average molecular weight is 402 g/mol. The lowest BCUT2D eigenvalue weighted by Gasteiger charge is -2.44. The molecule has 2 saturated carbocycles. The second-order valence-corrected chi connectivity index (χ2v) is 9.38. The lowest BCUT2D eigenvalue weighted by atomic mass is 9.90. The number of piperidine rings is 1. The van der Waals surface area contributed by atoms with Gasteiger partial charge in [-0.05, 0) is 44.4 Å². The molecular formula is C21H31N5O3. The van der Waals surface area contributed by atoms with Gasteiger partial charge in [-0.3, -0.25) is 9.59 Å². The van der Waals surface area contributed by atoms with E-state index in [4.69, 9.17) is 4.74 Å². The van der Waals surface area contributed by atoms with Gasteiger partial charge in [0.15, 0.2) is 0 Å². The number of likely N-dealkylation sites (tertiary alicyclic amines) is 1. The standard InChI is InChI=1S/C21H31N5O3/c27-19(10-15-4-1-2-5-15)25-9-3-8-21(13-25)14-26-18(12-29-21)17(23-24-26)11-22-20(28)16-6-7-16/h15-16H,1-14H2,(H,22,28). The van der Waals surface area contributed by atoms with Gasteiger partial charge in [-0.1, -0.05) is 18.1 Å². The number of hydrogen-bond donors (Lipinski definition) is 1. The van der Waals surface area contributed by atoms with Crippen LogP contribution in [0.15, 0.2) is 0 Å². The summed E-state index contributed by atoms with van der Waals surface area (Å²) >= 11 is 0. The smallest absolute Gasteiger partial charge is 0.223 e. The molecule has 5 rings (SSSR count). The largest absolute Gasteiger partial charge is 0.365 e. The van der Waals surface area contributed by atoms with Gasteiger partial charge < -0.3 is 15.0 Å². The molecule has 2 aliphatic heterocycles. The number of ether oxygens (including phenoxy) is 1. The Morgan fingerprint density at radius 2 is 1.97 bits per heavy atom.